The molecule has 3 rings (SSSR count). The highest BCUT2D eigenvalue weighted by Gasteiger charge is 2.68. The SMILES string of the molecule is CCOC(=O)[C@]1(CCSC)N[C@H](c2cccs2)[C@H]2C(=O)N(CC)C(=O)[C@@H]21. The highest BCUT2D eigenvalue weighted by Crippen LogP contribution is 2.51. The van der Waals surface area contributed by atoms with Crippen molar-refractivity contribution >= 4 is 40.9 Å². The molecule has 2 fully saturated rings. The molecule has 2 aliphatic rings. The summed E-state index contributed by atoms with van der Waals surface area (Å²) in [5.74, 6) is -1.46. The summed E-state index contributed by atoms with van der Waals surface area (Å²) in [5, 5.41) is 5.33. The van der Waals surface area contributed by atoms with Gasteiger partial charge >= 0.3 is 5.97 Å². The van der Waals surface area contributed by atoms with Crippen LogP contribution in [0.5, 0.6) is 0 Å². The molecule has 3 heterocycles. The molecule has 0 aliphatic carbocycles. The van der Waals surface area contributed by atoms with Crippen LogP contribution in [0.1, 0.15) is 31.2 Å². The van der Waals surface area contributed by atoms with E-state index in [1.807, 2.05) is 23.8 Å². The first kappa shape index (κ1) is 19.4. The molecule has 0 aromatic carbocycles. The number of amides is 2. The number of nitrogens with zero attached hydrogens (tertiary/aromatic N) is 1. The lowest BCUT2D eigenvalue weighted by Crippen LogP contribution is -2.56. The highest BCUT2D eigenvalue weighted by molar-refractivity contribution is 7.98. The summed E-state index contributed by atoms with van der Waals surface area (Å²) in [7, 11) is 0. The zero-order valence-corrected chi connectivity index (χ0v) is 16.8. The van der Waals surface area contributed by atoms with Crippen LogP contribution in [-0.4, -0.2) is 53.4 Å². The van der Waals surface area contributed by atoms with Gasteiger partial charge in [-0.1, -0.05) is 6.07 Å². The van der Waals surface area contributed by atoms with Crippen molar-refractivity contribution in [3.63, 3.8) is 0 Å². The zero-order chi connectivity index (χ0) is 18.9. The summed E-state index contributed by atoms with van der Waals surface area (Å²) in [6, 6.07) is 3.52. The minimum Gasteiger partial charge on any atom is -0.465 e. The molecule has 4 atom stereocenters. The van der Waals surface area contributed by atoms with E-state index in [1.54, 1.807) is 25.6 Å². The lowest BCUT2D eigenvalue weighted by atomic mass is 9.78. The van der Waals surface area contributed by atoms with Crippen LogP contribution in [0.2, 0.25) is 0 Å². The lowest BCUT2D eigenvalue weighted by Gasteiger charge is -2.32. The van der Waals surface area contributed by atoms with Crippen molar-refractivity contribution in [3.8, 4) is 0 Å². The molecule has 0 radical (unpaired) electrons. The number of esters is 1. The van der Waals surface area contributed by atoms with Gasteiger partial charge in [0.15, 0.2) is 0 Å². The molecule has 6 nitrogen and oxygen atoms in total. The normalized spacial score (nSPS) is 30.7. The van der Waals surface area contributed by atoms with E-state index in [1.165, 1.54) is 16.2 Å². The first-order valence-corrected chi connectivity index (χ1v) is 11.1. The highest BCUT2D eigenvalue weighted by atomic mass is 32.2. The van der Waals surface area contributed by atoms with Gasteiger partial charge in [0, 0.05) is 11.4 Å². The van der Waals surface area contributed by atoms with Gasteiger partial charge in [-0.3, -0.25) is 24.6 Å². The number of rotatable bonds is 7. The predicted molar refractivity (Wildman–Crippen MR) is 102 cm³/mol. The van der Waals surface area contributed by atoms with E-state index < -0.39 is 23.3 Å². The Morgan fingerprint density at radius 2 is 2.15 bits per heavy atom. The number of thiophene rings is 1. The Morgan fingerprint density at radius 3 is 2.73 bits per heavy atom. The van der Waals surface area contributed by atoms with E-state index in [4.69, 9.17) is 4.74 Å². The molecule has 26 heavy (non-hydrogen) atoms. The van der Waals surface area contributed by atoms with Crippen LogP contribution in [0.25, 0.3) is 0 Å². The molecule has 8 heteroatoms. The molecule has 0 spiro atoms. The molecular weight excluding hydrogens is 372 g/mol. The Morgan fingerprint density at radius 1 is 1.38 bits per heavy atom. The number of hydrogen-bond acceptors (Lipinski definition) is 7. The fraction of sp³-hybridized carbons (Fsp3) is 0.611. The number of carbonyl (C=O) groups excluding carboxylic acids is 3. The zero-order valence-electron chi connectivity index (χ0n) is 15.2. The second kappa shape index (κ2) is 7.70. The van der Waals surface area contributed by atoms with Crippen molar-refractivity contribution in [1.82, 2.24) is 10.2 Å². The number of thioether (sulfide) groups is 1. The molecule has 2 aliphatic heterocycles. The molecule has 2 saturated heterocycles. The monoisotopic (exact) mass is 396 g/mol. The molecule has 0 bridgehead atoms. The van der Waals surface area contributed by atoms with Gasteiger partial charge in [-0.05, 0) is 43.7 Å². The van der Waals surface area contributed by atoms with Crippen LogP contribution >= 0.6 is 23.1 Å². The summed E-state index contributed by atoms with van der Waals surface area (Å²) in [4.78, 5) is 41.3. The maximum atomic E-state index is 13.1. The maximum Gasteiger partial charge on any atom is 0.327 e. The van der Waals surface area contributed by atoms with Crippen LogP contribution in [0, 0.1) is 11.8 Å². The van der Waals surface area contributed by atoms with Crippen molar-refractivity contribution in [2.75, 3.05) is 25.2 Å². The van der Waals surface area contributed by atoms with Crippen molar-refractivity contribution in [1.29, 1.82) is 0 Å². The third-order valence-electron chi connectivity index (χ3n) is 5.25. The van der Waals surface area contributed by atoms with Gasteiger partial charge in [0.2, 0.25) is 11.8 Å². The van der Waals surface area contributed by atoms with Gasteiger partial charge in [0.25, 0.3) is 0 Å². The van der Waals surface area contributed by atoms with E-state index in [0.29, 0.717) is 18.7 Å². The first-order chi connectivity index (χ1) is 12.5. The van der Waals surface area contributed by atoms with E-state index in [9.17, 15) is 14.4 Å². The summed E-state index contributed by atoms with van der Waals surface area (Å²) < 4.78 is 5.36. The average Bonchev–Trinajstić information content (AvgIpc) is 3.31. The Labute approximate surface area is 161 Å². The summed E-state index contributed by atoms with van der Waals surface area (Å²) in [5.41, 5.74) is -1.16. The maximum absolute atomic E-state index is 13.1. The third kappa shape index (κ3) is 2.88. The lowest BCUT2D eigenvalue weighted by molar-refractivity contribution is -0.156. The summed E-state index contributed by atoms with van der Waals surface area (Å²) in [6.07, 6.45) is 2.41. The molecular formula is C18H24N2O4S2. The standard InChI is InChI=1S/C18H24N2O4S2/c1-4-20-15(21)12-13(16(20)22)18(8-10-25-3,17(23)24-5-2)19-14(12)11-7-6-9-26-11/h6-7,9,12-14,19H,4-5,8,10H2,1-3H3/t12-,13+,14+,18+/m0/s1. The average molecular weight is 397 g/mol. The number of ether oxygens (including phenoxy) is 1. The minimum atomic E-state index is -1.16. The van der Waals surface area contributed by atoms with Gasteiger partial charge < -0.3 is 4.74 Å². The van der Waals surface area contributed by atoms with Gasteiger partial charge in [0.05, 0.1) is 24.5 Å². The Balaban J connectivity index is 2.10. The van der Waals surface area contributed by atoms with Crippen LogP contribution in [0.3, 0.4) is 0 Å². The fourth-order valence-electron chi connectivity index (χ4n) is 4.13. The van der Waals surface area contributed by atoms with E-state index in [0.717, 1.165) is 4.88 Å². The fourth-order valence-corrected chi connectivity index (χ4v) is 5.48. The largest absolute Gasteiger partial charge is 0.465 e. The van der Waals surface area contributed by atoms with Crippen LogP contribution in [0.4, 0.5) is 0 Å². The topological polar surface area (TPSA) is 75.7 Å². The van der Waals surface area contributed by atoms with Crippen molar-refractivity contribution < 1.29 is 19.1 Å². The number of imide groups is 1. The first-order valence-electron chi connectivity index (χ1n) is 8.84. The Bertz CT molecular complexity index is 693. The number of hydrogen-bond donors (Lipinski definition) is 1. The Hall–Kier alpha value is -1.38. The van der Waals surface area contributed by atoms with Gasteiger partial charge in [0.1, 0.15) is 5.54 Å². The predicted octanol–water partition coefficient (Wildman–Crippen LogP) is 2.07. The van der Waals surface area contributed by atoms with E-state index in [2.05, 4.69) is 5.32 Å². The van der Waals surface area contributed by atoms with E-state index >= 15 is 0 Å². The minimum absolute atomic E-state index is 0.191. The molecule has 1 N–H and O–H groups in total. The number of likely N-dealkylation sites (tertiary alicyclic amines) is 1. The molecule has 1 aromatic rings. The molecule has 2 amide bonds. The molecule has 0 saturated carbocycles. The van der Waals surface area contributed by atoms with Crippen LogP contribution in [0.15, 0.2) is 17.5 Å². The number of nitrogens with one attached hydrogen (secondary N) is 1. The van der Waals surface area contributed by atoms with Crippen molar-refractivity contribution in [2.24, 2.45) is 11.8 Å². The summed E-state index contributed by atoms with van der Waals surface area (Å²) in [6.45, 7) is 4.10. The van der Waals surface area contributed by atoms with Gasteiger partial charge in [-0.2, -0.15) is 11.8 Å². The van der Waals surface area contributed by atoms with Crippen molar-refractivity contribution in [2.45, 2.75) is 31.8 Å². The van der Waals surface area contributed by atoms with Gasteiger partial charge in [-0.25, -0.2) is 0 Å². The van der Waals surface area contributed by atoms with Gasteiger partial charge in [-0.15, -0.1) is 11.3 Å². The Kier molecular flexibility index (Phi) is 5.74. The van der Waals surface area contributed by atoms with Crippen molar-refractivity contribution in [3.05, 3.63) is 22.4 Å². The smallest absolute Gasteiger partial charge is 0.327 e. The summed E-state index contributed by atoms with van der Waals surface area (Å²) >= 11 is 3.14. The van der Waals surface area contributed by atoms with E-state index in [-0.39, 0.29) is 24.5 Å². The second-order valence-corrected chi connectivity index (χ2v) is 8.46. The molecule has 142 valence electrons. The molecule has 0 unspecified atom stereocenters. The number of fused-ring (bicyclic) bond motifs is 1. The quantitative estimate of drug-likeness (QED) is 0.562. The van der Waals surface area contributed by atoms with Crippen LogP contribution < -0.4 is 5.32 Å². The molecule has 1 aromatic heterocycles. The van der Waals surface area contributed by atoms with Crippen LogP contribution in [-0.2, 0) is 19.1 Å². The third-order valence-corrected chi connectivity index (χ3v) is 6.82. The second-order valence-electron chi connectivity index (χ2n) is 6.50. The number of carbonyl (C=O) groups is 3.